The summed E-state index contributed by atoms with van der Waals surface area (Å²) < 4.78 is 5.30. The smallest absolute Gasteiger partial charge is 0.227 e. The highest BCUT2D eigenvalue weighted by Crippen LogP contribution is 2.55. The van der Waals surface area contributed by atoms with Crippen LogP contribution >= 0.6 is 11.3 Å². The molecule has 4 aliphatic carbocycles. The number of nitrogens with zero attached hydrogens (tertiary/aromatic N) is 2. The van der Waals surface area contributed by atoms with Crippen LogP contribution in [0, 0.1) is 17.8 Å². The molecule has 0 radical (unpaired) electrons. The molecule has 1 N–H and O–H groups in total. The Kier molecular flexibility index (Phi) is 3.69. The molecular weight excluding hydrogens is 334 g/mol. The molecule has 0 spiro atoms. The summed E-state index contributed by atoms with van der Waals surface area (Å²) in [6, 6.07) is 3.94. The van der Waals surface area contributed by atoms with Crippen LogP contribution in [0.4, 0.5) is 0 Å². The standard InChI is InChI=1S/C19H23N3O2S/c23-16(3-4-17-20-18(22-24-17)15-2-1-5-25-15)21-19-9-12-6-13(10-19)8-14(7-12)11-19/h1-2,5,12-14H,3-4,6-11H2,(H,21,23). The predicted molar refractivity (Wildman–Crippen MR) is 95.0 cm³/mol. The molecule has 0 aromatic carbocycles. The summed E-state index contributed by atoms with van der Waals surface area (Å²) in [6.45, 7) is 0. The quantitative estimate of drug-likeness (QED) is 0.883. The van der Waals surface area contributed by atoms with Crippen molar-refractivity contribution < 1.29 is 9.32 Å². The summed E-state index contributed by atoms with van der Waals surface area (Å²) in [7, 11) is 0. The molecular formula is C19H23N3O2S. The van der Waals surface area contributed by atoms with Gasteiger partial charge in [0.15, 0.2) is 0 Å². The van der Waals surface area contributed by atoms with Gasteiger partial charge in [-0.2, -0.15) is 4.98 Å². The molecule has 4 saturated carbocycles. The molecule has 4 fully saturated rings. The topological polar surface area (TPSA) is 68.0 Å². The summed E-state index contributed by atoms with van der Waals surface area (Å²) in [5.41, 5.74) is 0.0861. The van der Waals surface area contributed by atoms with Gasteiger partial charge in [0.1, 0.15) is 0 Å². The van der Waals surface area contributed by atoms with Gasteiger partial charge >= 0.3 is 0 Å². The van der Waals surface area contributed by atoms with Crippen molar-refractivity contribution in [2.24, 2.45) is 17.8 Å². The zero-order chi connectivity index (χ0) is 16.9. The van der Waals surface area contributed by atoms with E-state index in [1.165, 1.54) is 38.5 Å². The lowest BCUT2D eigenvalue weighted by molar-refractivity contribution is -0.126. The van der Waals surface area contributed by atoms with Gasteiger partial charge in [-0.25, -0.2) is 0 Å². The molecule has 0 aliphatic heterocycles. The zero-order valence-corrected chi connectivity index (χ0v) is 15.1. The van der Waals surface area contributed by atoms with Crippen LogP contribution < -0.4 is 5.32 Å². The highest BCUT2D eigenvalue weighted by atomic mass is 32.1. The monoisotopic (exact) mass is 357 g/mol. The fourth-order valence-corrected chi connectivity index (χ4v) is 6.35. The molecule has 2 aromatic heterocycles. The third-order valence-electron chi connectivity index (χ3n) is 6.22. The molecule has 2 heterocycles. The second kappa shape index (κ2) is 5.94. The third kappa shape index (κ3) is 3.01. The van der Waals surface area contributed by atoms with Crippen molar-refractivity contribution in [3.05, 3.63) is 23.4 Å². The van der Waals surface area contributed by atoms with Crippen LogP contribution in [0.15, 0.2) is 22.0 Å². The number of thiophene rings is 1. The maximum Gasteiger partial charge on any atom is 0.227 e. The molecule has 6 rings (SSSR count). The van der Waals surface area contributed by atoms with Crippen LogP contribution in [-0.2, 0) is 11.2 Å². The Morgan fingerprint density at radius 1 is 1.24 bits per heavy atom. The molecule has 132 valence electrons. The molecule has 6 heteroatoms. The third-order valence-corrected chi connectivity index (χ3v) is 7.08. The van der Waals surface area contributed by atoms with Crippen LogP contribution in [-0.4, -0.2) is 21.6 Å². The normalized spacial score (nSPS) is 32.9. The number of aromatic nitrogens is 2. The van der Waals surface area contributed by atoms with Gasteiger partial charge < -0.3 is 9.84 Å². The van der Waals surface area contributed by atoms with Crippen molar-refractivity contribution in [1.82, 2.24) is 15.5 Å². The predicted octanol–water partition coefficient (Wildman–Crippen LogP) is 3.82. The molecule has 2 aromatic rings. The van der Waals surface area contributed by atoms with E-state index in [-0.39, 0.29) is 11.4 Å². The SMILES string of the molecule is O=C(CCc1nc(-c2cccs2)no1)NC12CC3CC(CC(C3)C1)C2. The average molecular weight is 357 g/mol. The van der Waals surface area contributed by atoms with E-state index in [2.05, 4.69) is 15.5 Å². The van der Waals surface area contributed by atoms with Crippen molar-refractivity contribution in [1.29, 1.82) is 0 Å². The highest BCUT2D eigenvalue weighted by molar-refractivity contribution is 7.13. The first kappa shape index (κ1) is 15.6. The number of hydrogen-bond acceptors (Lipinski definition) is 5. The fourth-order valence-electron chi connectivity index (χ4n) is 5.70. The molecule has 4 aliphatic rings. The number of amides is 1. The summed E-state index contributed by atoms with van der Waals surface area (Å²) >= 11 is 1.59. The van der Waals surface area contributed by atoms with Crippen molar-refractivity contribution in [2.75, 3.05) is 0 Å². The van der Waals surface area contributed by atoms with E-state index in [1.807, 2.05) is 17.5 Å². The van der Waals surface area contributed by atoms with Gasteiger partial charge in [-0.15, -0.1) is 11.3 Å². The van der Waals surface area contributed by atoms with Gasteiger partial charge in [0, 0.05) is 18.4 Å². The Balaban J connectivity index is 1.19. The minimum atomic E-state index is 0.0861. The summed E-state index contributed by atoms with van der Waals surface area (Å²) in [5, 5.41) is 9.40. The van der Waals surface area contributed by atoms with Gasteiger partial charge in [0.2, 0.25) is 17.6 Å². The van der Waals surface area contributed by atoms with E-state index >= 15 is 0 Å². The maximum absolute atomic E-state index is 12.5. The summed E-state index contributed by atoms with van der Waals surface area (Å²) in [6.07, 6.45) is 8.67. The molecule has 0 atom stereocenters. The van der Waals surface area contributed by atoms with Crippen molar-refractivity contribution in [3.8, 4) is 10.7 Å². The first-order valence-corrected chi connectivity index (χ1v) is 10.2. The number of carbonyl (C=O) groups excluding carboxylic acids is 1. The maximum atomic E-state index is 12.5. The van der Waals surface area contributed by atoms with Gasteiger partial charge in [-0.1, -0.05) is 11.2 Å². The lowest BCUT2D eigenvalue weighted by Gasteiger charge is -2.56. The van der Waals surface area contributed by atoms with E-state index in [9.17, 15) is 4.79 Å². The van der Waals surface area contributed by atoms with E-state index in [1.54, 1.807) is 11.3 Å². The minimum Gasteiger partial charge on any atom is -0.351 e. The lowest BCUT2D eigenvalue weighted by Crippen LogP contribution is -2.59. The molecule has 1 amide bonds. The minimum absolute atomic E-state index is 0.0861. The summed E-state index contributed by atoms with van der Waals surface area (Å²) in [5.74, 6) is 3.83. The zero-order valence-electron chi connectivity index (χ0n) is 14.2. The molecule has 4 bridgehead atoms. The lowest BCUT2D eigenvalue weighted by atomic mass is 9.53. The van der Waals surface area contributed by atoms with Crippen LogP contribution in [0.5, 0.6) is 0 Å². The number of hydrogen-bond donors (Lipinski definition) is 1. The second-order valence-corrected chi connectivity index (χ2v) is 9.18. The molecule has 5 nitrogen and oxygen atoms in total. The first-order valence-electron chi connectivity index (χ1n) is 9.35. The Morgan fingerprint density at radius 3 is 2.60 bits per heavy atom. The van der Waals surface area contributed by atoms with E-state index < -0.39 is 0 Å². The van der Waals surface area contributed by atoms with E-state index in [4.69, 9.17) is 4.52 Å². The number of aryl methyl sites for hydroxylation is 1. The Labute approximate surface area is 151 Å². The summed E-state index contributed by atoms with van der Waals surface area (Å²) in [4.78, 5) is 17.9. The number of rotatable bonds is 5. The first-order chi connectivity index (χ1) is 12.2. The molecule has 25 heavy (non-hydrogen) atoms. The van der Waals surface area contributed by atoms with Crippen LogP contribution in [0.25, 0.3) is 10.7 Å². The number of nitrogens with one attached hydrogen (secondary N) is 1. The van der Waals surface area contributed by atoms with Gasteiger partial charge in [0.05, 0.1) is 4.88 Å². The van der Waals surface area contributed by atoms with Crippen molar-refractivity contribution >= 4 is 17.2 Å². The molecule has 0 saturated heterocycles. The van der Waals surface area contributed by atoms with Crippen molar-refractivity contribution in [3.63, 3.8) is 0 Å². The Hall–Kier alpha value is -1.69. The van der Waals surface area contributed by atoms with Crippen molar-refractivity contribution in [2.45, 2.75) is 56.9 Å². The number of carbonyl (C=O) groups is 1. The second-order valence-electron chi connectivity index (χ2n) is 8.24. The van der Waals surface area contributed by atoms with Crippen LogP contribution in [0.2, 0.25) is 0 Å². The van der Waals surface area contributed by atoms with E-state index in [0.717, 1.165) is 22.6 Å². The van der Waals surface area contributed by atoms with Gasteiger partial charge in [-0.05, 0) is 67.7 Å². The Bertz CT molecular complexity index is 732. The van der Waals surface area contributed by atoms with Crippen LogP contribution in [0.1, 0.15) is 50.8 Å². The highest BCUT2D eigenvalue weighted by Gasteiger charge is 2.51. The average Bonchev–Trinajstić information content (AvgIpc) is 3.22. The fraction of sp³-hybridized carbons (Fsp3) is 0.632. The van der Waals surface area contributed by atoms with Crippen LogP contribution in [0.3, 0.4) is 0 Å². The van der Waals surface area contributed by atoms with E-state index in [0.29, 0.717) is 24.6 Å². The largest absolute Gasteiger partial charge is 0.351 e. The van der Waals surface area contributed by atoms with Gasteiger partial charge in [-0.3, -0.25) is 4.79 Å². The Morgan fingerprint density at radius 2 is 1.96 bits per heavy atom. The van der Waals surface area contributed by atoms with Gasteiger partial charge in [0.25, 0.3) is 0 Å². The molecule has 0 unspecified atom stereocenters.